The van der Waals surface area contributed by atoms with Gasteiger partial charge in [-0.3, -0.25) is 4.98 Å². The zero-order valence-corrected chi connectivity index (χ0v) is 16.3. The molecule has 3 aromatic rings. The van der Waals surface area contributed by atoms with Gasteiger partial charge in [-0.25, -0.2) is 9.97 Å². The van der Waals surface area contributed by atoms with E-state index in [1.54, 1.807) is 13.3 Å². The molecule has 1 fully saturated rings. The van der Waals surface area contributed by atoms with Crippen LogP contribution in [0.1, 0.15) is 17.4 Å². The van der Waals surface area contributed by atoms with Crippen LogP contribution in [-0.4, -0.2) is 48.4 Å². The summed E-state index contributed by atoms with van der Waals surface area (Å²) in [6.45, 7) is 2.91. The highest BCUT2D eigenvalue weighted by atomic mass is 35.5. The van der Waals surface area contributed by atoms with Crippen LogP contribution in [0.3, 0.4) is 0 Å². The fraction of sp³-hybridized carbons (Fsp3) is 0.286. The van der Waals surface area contributed by atoms with Crippen molar-refractivity contribution in [2.45, 2.75) is 6.10 Å². The number of nitrogens with zero attached hydrogens (tertiary/aromatic N) is 4. The summed E-state index contributed by atoms with van der Waals surface area (Å²) in [4.78, 5) is 16.2. The number of anilines is 1. The molecule has 0 saturated carbocycles. The maximum atomic E-state index is 6.43. The first-order chi connectivity index (χ1) is 13.8. The number of pyridine rings is 1. The average Bonchev–Trinajstić information content (AvgIpc) is 2.77. The van der Waals surface area contributed by atoms with Gasteiger partial charge in [0, 0.05) is 43.0 Å². The average molecular weight is 397 g/mol. The van der Waals surface area contributed by atoms with Crippen molar-refractivity contribution in [1.29, 1.82) is 0 Å². The summed E-state index contributed by atoms with van der Waals surface area (Å²) in [6, 6.07) is 15.3. The normalized spacial score (nSPS) is 15.4. The largest absolute Gasteiger partial charge is 0.378 e. The Hall–Kier alpha value is -2.54. The Balaban J connectivity index is 1.82. The van der Waals surface area contributed by atoms with Crippen LogP contribution in [0.25, 0.3) is 11.5 Å². The molecule has 4 rings (SSSR count). The van der Waals surface area contributed by atoms with E-state index in [0.29, 0.717) is 29.8 Å². The molecule has 6 nitrogen and oxygen atoms in total. The minimum Gasteiger partial charge on any atom is -0.378 e. The Morgan fingerprint density at radius 3 is 2.57 bits per heavy atom. The SMILES string of the molecule is COC(c1cc(N2CCOCC2)nc(-c2ccccn2)n1)c1ccccc1Cl. The summed E-state index contributed by atoms with van der Waals surface area (Å²) < 4.78 is 11.3. The fourth-order valence-electron chi connectivity index (χ4n) is 3.25. The second-order valence-corrected chi connectivity index (χ2v) is 6.83. The molecule has 1 aliphatic heterocycles. The molecule has 7 heteroatoms. The third-order valence-corrected chi connectivity index (χ3v) is 5.00. The van der Waals surface area contributed by atoms with E-state index in [1.807, 2.05) is 48.5 Å². The van der Waals surface area contributed by atoms with Crippen LogP contribution in [0.4, 0.5) is 5.82 Å². The Bertz CT molecular complexity index is 933. The second-order valence-electron chi connectivity index (χ2n) is 6.43. The Kier molecular flexibility index (Phi) is 5.81. The summed E-state index contributed by atoms with van der Waals surface area (Å²) in [5, 5.41) is 0.639. The van der Waals surface area contributed by atoms with Gasteiger partial charge in [-0.1, -0.05) is 35.9 Å². The van der Waals surface area contributed by atoms with Crippen molar-refractivity contribution in [2.75, 3.05) is 38.3 Å². The lowest BCUT2D eigenvalue weighted by Crippen LogP contribution is -2.37. The monoisotopic (exact) mass is 396 g/mol. The first-order valence-electron chi connectivity index (χ1n) is 9.16. The maximum absolute atomic E-state index is 6.43. The van der Waals surface area contributed by atoms with E-state index in [9.17, 15) is 0 Å². The van der Waals surface area contributed by atoms with Crippen LogP contribution >= 0.6 is 11.6 Å². The van der Waals surface area contributed by atoms with Gasteiger partial charge in [0.25, 0.3) is 0 Å². The van der Waals surface area contributed by atoms with Gasteiger partial charge in [-0.2, -0.15) is 0 Å². The zero-order valence-electron chi connectivity index (χ0n) is 15.6. The van der Waals surface area contributed by atoms with Gasteiger partial charge in [0.05, 0.1) is 18.9 Å². The van der Waals surface area contributed by atoms with Crippen molar-refractivity contribution in [3.05, 3.63) is 71.0 Å². The molecule has 1 saturated heterocycles. The highest BCUT2D eigenvalue weighted by Crippen LogP contribution is 2.32. The van der Waals surface area contributed by atoms with E-state index in [2.05, 4.69) is 9.88 Å². The first kappa shape index (κ1) is 18.8. The van der Waals surface area contributed by atoms with Crippen LogP contribution in [0.5, 0.6) is 0 Å². The van der Waals surface area contributed by atoms with Crippen molar-refractivity contribution >= 4 is 17.4 Å². The number of halogens is 1. The van der Waals surface area contributed by atoms with Crippen LogP contribution in [-0.2, 0) is 9.47 Å². The lowest BCUT2D eigenvalue weighted by atomic mass is 10.1. The van der Waals surface area contributed by atoms with Gasteiger partial charge in [-0.15, -0.1) is 0 Å². The molecule has 3 heterocycles. The predicted octanol–water partition coefficient (Wildman–Crippen LogP) is 3.76. The third-order valence-electron chi connectivity index (χ3n) is 4.65. The maximum Gasteiger partial charge on any atom is 0.180 e. The first-order valence-corrected chi connectivity index (χ1v) is 9.54. The molecular formula is C21H21ClN4O2. The molecule has 28 heavy (non-hydrogen) atoms. The molecule has 1 aliphatic rings. The summed E-state index contributed by atoms with van der Waals surface area (Å²) in [5.74, 6) is 1.40. The van der Waals surface area contributed by atoms with Gasteiger partial charge < -0.3 is 14.4 Å². The topological polar surface area (TPSA) is 60.4 Å². The standard InChI is InChI=1S/C21H21ClN4O2/c1-27-20(15-6-2-3-7-16(15)22)18-14-19(26-10-12-28-13-11-26)25-21(24-18)17-8-4-5-9-23-17/h2-9,14,20H,10-13H2,1H3. The zero-order chi connectivity index (χ0) is 19.3. The van der Waals surface area contributed by atoms with E-state index in [-0.39, 0.29) is 0 Å². The molecule has 0 N–H and O–H groups in total. The Morgan fingerprint density at radius 2 is 1.86 bits per heavy atom. The number of morpholine rings is 1. The molecule has 0 amide bonds. The molecule has 1 unspecified atom stereocenters. The van der Waals surface area contributed by atoms with Gasteiger partial charge >= 0.3 is 0 Å². The number of ether oxygens (including phenoxy) is 2. The highest BCUT2D eigenvalue weighted by molar-refractivity contribution is 6.31. The second kappa shape index (κ2) is 8.65. The van der Waals surface area contributed by atoms with E-state index in [4.69, 9.17) is 31.0 Å². The smallest absolute Gasteiger partial charge is 0.180 e. The summed E-state index contributed by atoms with van der Waals surface area (Å²) >= 11 is 6.43. The molecule has 0 aliphatic carbocycles. The molecule has 1 atom stereocenters. The molecule has 144 valence electrons. The lowest BCUT2D eigenvalue weighted by Gasteiger charge is -2.29. The van der Waals surface area contributed by atoms with Gasteiger partial charge in [0.1, 0.15) is 17.6 Å². The van der Waals surface area contributed by atoms with Crippen molar-refractivity contribution in [3.63, 3.8) is 0 Å². The minimum atomic E-state index is -0.404. The molecule has 0 radical (unpaired) electrons. The molecule has 0 spiro atoms. The minimum absolute atomic E-state index is 0.404. The number of rotatable bonds is 5. The number of hydrogen-bond acceptors (Lipinski definition) is 6. The molecule has 2 aromatic heterocycles. The Morgan fingerprint density at radius 1 is 1.07 bits per heavy atom. The van der Waals surface area contributed by atoms with Crippen molar-refractivity contribution < 1.29 is 9.47 Å². The summed E-state index contributed by atoms with van der Waals surface area (Å²) in [7, 11) is 1.66. The predicted molar refractivity (Wildman–Crippen MR) is 109 cm³/mol. The van der Waals surface area contributed by atoms with Crippen molar-refractivity contribution in [1.82, 2.24) is 15.0 Å². The van der Waals surface area contributed by atoms with Crippen molar-refractivity contribution in [2.24, 2.45) is 0 Å². The fourth-order valence-corrected chi connectivity index (χ4v) is 3.48. The van der Waals surface area contributed by atoms with E-state index in [1.165, 1.54) is 0 Å². The number of methoxy groups -OCH3 is 1. The summed E-state index contributed by atoms with van der Waals surface area (Å²) in [5.41, 5.74) is 2.32. The molecular weight excluding hydrogens is 376 g/mol. The van der Waals surface area contributed by atoms with Gasteiger partial charge in [0.15, 0.2) is 5.82 Å². The molecule has 0 bridgehead atoms. The highest BCUT2D eigenvalue weighted by Gasteiger charge is 2.22. The Labute approximate surface area is 169 Å². The van der Waals surface area contributed by atoms with Gasteiger partial charge in [0.2, 0.25) is 0 Å². The third kappa shape index (κ3) is 3.99. The van der Waals surface area contributed by atoms with E-state index in [0.717, 1.165) is 30.2 Å². The van der Waals surface area contributed by atoms with Crippen molar-refractivity contribution in [3.8, 4) is 11.5 Å². The quantitative estimate of drug-likeness (QED) is 0.654. The lowest BCUT2D eigenvalue weighted by molar-refractivity contribution is 0.122. The summed E-state index contributed by atoms with van der Waals surface area (Å²) in [6.07, 6.45) is 1.33. The van der Waals surface area contributed by atoms with E-state index < -0.39 is 6.10 Å². The number of benzene rings is 1. The van der Waals surface area contributed by atoms with Crippen LogP contribution in [0.15, 0.2) is 54.7 Å². The van der Waals surface area contributed by atoms with Crippen LogP contribution in [0.2, 0.25) is 5.02 Å². The van der Waals surface area contributed by atoms with Crippen LogP contribution < -0.4 is 4.90 Å². The van der Waals surface area contributed by atoms with Crippen LogP contribution in [0, 0.1) is 0 Å². The molecule has 1 aromatic carbocycles. The van der Waals surface area contributed by atoms with E-state index >= 15 is 0 Å². The number of aromatic nitrogens is 3. The van der Waals surface area contributed by atoms with Gasteiger partial charge in [-0.05, 0) is 18.2 Å². The number of hydrogen-bond donors (Lipinski definition) is 0.